The van der Waals surface area contributed by atoms with Crippen molar-refractivity contribution in [3.8, 4) is 29.2 Å². The van der Waals surface area contributed by atoms with Crippen LogP contribution >= 0.6 is 11.6 Å². The molecule has 0 saturated carbocycles. The van der Waals surface area contributed by atoms with Gasteiger partial charge in [0.15, 0.2) is 6.61 Å². The van der Waals surface area contributed by atoms with E-state index >= 15 is 0 Å². The molecule has 0 atom stereocenters. The molecule has 1 aromatic heterocycles. The molecule has 0 unspecified atom stereocenters. The van der Waals surface area contributed by atoms with E-state index in [0.29, 0.717) is 34.3 Å². The van der Waals surface area contributed by atoms with Crippen LogP contribution in [-0.2, 0) is 17.9 Å². The molecule has 134 valence electrons. The molecule has 4 rings (SSSR count). The van der Waals surface area contributed by atoms with Crippen LogP contribution in [0.1, 0.15) is 19.3 Å². The van der Waals surface area contributed by atoms with E-state index in [0.717, 1.165) is 25.8 Å². The van der Waals surface area contributed by atoms with Crippen LogP contribution < -0.4 is 15.2 Å². The number of hydrogen-bond donors (Lipinski definition) is 0. The first-order chi connectivity index (χ1) is 12.6. The summed E-state index contributed by atoms with van der Waals surface area (Å²) in [6.07, 6.45) is 8.43. The molecule has 6 nitrogen and oxygen atoms in total. The highest BCUT2D eigenvalue weighted by Crippen LogP contribution is 2.37. The van der Waals surface area contributed by atoms with Gasteiger partial charge in [0.05, 0.1) is 17.8 Å². The molecule has 0 aliphatic carbocycles. The molecule has 2 aromatic rings. The Morgan fingerprint density at radius 2 is 1.92 bits per heavy atom. The Bertz CT molecular complexity index is 983. The molecule has 0 saturated heterocycles. The fraction of sp³-hybridized carbons (Fsp3) is 0.368. The Balaban J connectivity index is 1.85. The summed E-state index contributed by atoms with van der Waals surface area (Å²) in [5.74, 6) is 2.86. The summed E-state index contributed by atoms with van der Waals surface area (Å²) in [6.45, 7) is 1.49. The van der Waals surface area contributed by atoms with Gasteiger partial charge in [0.25, 0.3) is 11.5 Å². The summed E-state index contributed by atoms with van der Waals surface area (Å²) in [6, 6.07) is 5.31. The van der Waals surface area contributed by atoms with Crippen LogP contribution in [0.15, 0.2) is 23.0 Å². The number of anilines is 1. The second-order valence-corrected chi connectivity index (χ2v) is 6.79. The van der Waals surface area contributed by atoms with Crippen LogP contribution in [0, 0.1) is 12.3 Å². The topological polar surface area (TPSA) is 56.5 Å². The van der Waals surface area contributed by atoms with E-state index in [-0.39, 0.29) is 24.6 Å². The summed E-state index contributed by atoms with van der Waals surface area (Å²) in [5, 5.41) is 0.434. The maximum absolute atomic E-state index is 12.9. The third-order valence-corrected chi connectivity index (χ3v) is 5.24. The van der Waals surface area contributed by atoms with Crippen LogP contribution in [0.3, 0.4) is 0 Å². The summed E-state index contributed by atoms with van der Waals surface area (Å²) in [4.78, 5) is 26.6. The van der Waals surface area contributed by atoms with Gasteiger partial charge in [-0.3, -0.25) is 19.2 Å². The first-order valence-corrected chi connectivity index (χ1v) is 8.99. The van der Waals surface area contributed by atoms with Crippen LogP contribution in [0.4, 0.5) is 5.69 Å². The normalized spacial score (nSPS) is 16.3. The number of halogens is 1. The summed E-state index contributed by atoms with van der Waals surface area (Å²) < 4.78 is 9.05. The van der Waals surface area contributed by atoms with E-state index in [2.05, 4.69) is 5.92 Å². The van der Waals surface area contributed by atoms with Gasteiger partial charge in [-0.2, -0.15) is 0 Å². The molecule has 1 amide bonds. The van der Waals surface area contributed by atoms with Crippen molar-refractivity contribution in [2.24, 2.45) is 0 Å². The fourth-order valence-electron chi connectivity index (χ4n) is 3.57. The number of terminal acetylenes is 1. The van der Waals surface area contributed by atoms with E-state index in [1.807, 2.05) is 4.68 Å². The van der Waals surface area contributed by atoms with Gasteiger partial charge in [-0.15, -0.1) is 6.42 Å². The number of fused-ring (bicyclic) bond motifs is 2. The minimum Gasteiger partial charge on any atom is -0.482 e. The van der Waals surface area contributed by atoms with Gasteiger partial charge in [-0.1, -0.05) is 23.6 Å². The van der Waals surface area contributed by atoms with Crippen molar-refractivity contribution >= 4 is 23.2 Å². The Labute approximate surface area is 155 Å². The lowest BCUT2D eigenvalue weighted by atomic mass is 10.1. The lowest BCUT2D eigenvalue weighted by Gasteiger charge is -2.28. The van der Waals surface area contributed by atoms with Gasteiger partial charge in [-0.05, 0) is 37.0 Å². The molecular weight excluding hydrogens is 354 g/mol. The fourth-order valence-corrected chi connectivity index (χ4v) is 3.93. The van der Waals surface area contributed by atoms with E-state index in [9.17, 15) is 9.59 Å². The highest BCUT2D eigenvalue weighted by atomic mass is 35.5. The molecule has 7 heteroatoms. The lowest BCUT2D eigenvalue weighted by Crippen LogP contribution is -2.39. The minimum absolute atomic E-state index is 0.0437. The van der Waals surface area contributed by atoms with Gasteiger partial charge in [0, 0.05) is 13.1 Å². The zero-order valence-electron chi connectivity index (χ0n) is 14.2. The Morgan fingerprint density at radius 1 is 1.15 bits per heavy atom. The zero-order valence-corrected chi connectivity index (χ0v) is 15.0. The molecule has 0 bridgehead atoms. The highest BCUT2D eigenvalue weighted by molar-refractivity contribution is 6.32. The van der Waals surface area contributed by atoms with Crippen molar-refractivity contribution < 1.29 is 9.53 Å². The molecule has 0 spiro atoms. The monoisotopic (exact) mass is 371 g/mol. The van der Waals surface area contributed by atoms with Crippen molar-refractivity contribution in [3.63, 3.8) is 0 Å². The molecule has 2 aliphatic heterocycles. The standard InChI is InChI=1S/C19H18ClN3O3/c1-2-8-21-14-11-13(6-7-15(14)26-12-16(21)24)17-18(20)22-9-4-3-5-10-23(22)19(17)25/h1,6-7,11H,3-5,8-10,12H2. The second kappa shape index (κ2) is 6.58. The number of hydrogen-bond acceptors (Lipinski definition) is 3. The first kappa shape index (κ1) is 16.8. The van der Waals surface area contributed by atoms with E-state index in [4.69, 9.17) is 22.8 Å². The van der Waals surface area contributed by atoms with Crippen molar-refractivity contribution in [2.45, 2.75) is 32.4 Å². The van der Waals surface area contributed by atoms with Gasteiger partial charge in [-0.25, -0.2) is 4.68 Å². The van der Waals surface area contributed by atoms with Crippen LogP contribution in [0.2, 0.25) is 5.15 Å². The SMILES string of the molecule is C#CCN1C(=O)COc2ccc(-c3c(Cl)n4n(c3=O)CCCCC4)cc21. The Kier molecular flexibility index (Phi) is 4.25. The van der Waals surface area contributed by atoms with E-state index in [1.54, 1.807) is 22.9 Å². The Hall–Kier alpha value is -2.65. The average molecular weight is 372 g/mol. The van der Waals surface area contributed by atoms with Crippen molar-refractivity contribution in [1.82, 2.24) is 9.36 Å². The van der Waals surface area contributed by atoms with Crippen molar-refractivity contribution in [2.75, 3.05) is 18.1 Å². The maximum Gasteiger partial charge on any atom is 0.276 e. The third kappa shape index (κ3) is 2.60. The number of amides is 1. The minimum atomic E-state index is -0.205. The molecule has 1 aromatic carbocycles. The van der Waals surface area contributed by atoms with Gasteiger partial charge in [0.1, 0.15) is 10.9 Å². The summed E-state index contributed by atoms with van der Waals surface area (Å²) in [5.41, 5.74) is 1.57. The first-order valence-electron chi connectivity index (χ1n) is 8.62. The molecule has 2 aliphatic rings. The number of benzene rings is 1. The van der Waals surface area contributed by atoms with Crippen LogP contribution in [0.25, 0.3) is 11.1 Å². The number of rotatable bonds is 2. The highest BCUT2D eigenvalue weighted by Gasteiger charge is 2.27. The maximum atomic E-state index is 12.9. The van der Waals surface area contributed by atoms with Crippen molar-refractivity contribution in [3.05, 3.63) is 33.7 Å². The molecule has 0 fully saturated rings. The van der Waals surface area contributed by atoms with E-state index in [1.165, 1.54) is 4.90 Å². The lowest BCUT2D eigenvalue weighted by molar-refractivity contribution is -0.121. The van der Waals surface area contributed by atoms with Gasteiger partial charge < -0.3 is 4.74 Å². The molecule has 0 radical (unpaired) electrons. The second-order valence-electron chi connectivity index (χ2n) is 6.43. The number of carbonyl (C=O) groups excluding carboxylic acids is 1. The quantitative estimate of drug-likeness (QED) is 0.762. The summed E-state index contributed by atoms with van der Waals surface area (Å²) in [7, 11) is 0. The zero-order chi connectivity index (χ0) is 18.3. The number of carbonyl (C=O) groups is 1. The third-order valence-electron chi connectivity index (χ3n) is 4.85. The average Bonchev–Trinajstić information content (AvgIpc) is 2.82. The predicted octanol–water partition coefficient (Wildman–Crippen LogP) is 2.51. The number of aromatic nitrogens is 2. The predicted molar refractivity (Wildman–Crippen MR) is 99.7 cm³/mol. The van der Waals surface area contributed by atoms with Crippen LogP contribution in [-0.4, -0.2) is 28.4 Å². The summed E-state index contributed by atoms with van der Waals surface area (Å²) >= 11 is 6.56. The smallest absolute Gasteiger partial charge is 0.276 e. The van der Waals surface area contributed by atoms with Crippen LogP contribution in [0.5, 0.6) is 5.75 Å². The van der Waals surface area contributed by atoms with Gasteiger partial charge in [0.2, 0.25) is 0 Å². The van der Waals surface area contributed by atoms with Crippen molar-refractivity contribution in [1.29, 1.82) is 0 Å². The molecule has 26 heavy (non-hydrogen) atoms. The van der Waals surface area contributed by atoms with Gasteiger partial charge >= 0.3 is 0 Å². The molecule has 3 heterocycles. The number of nitrogens with zero attached hydrogens (tertiary/aromatic N) is 3. The molecule has 0 N–H and O–H groups in total. The number of ether oxygens (including phenoxy) is 1. The van der Waals surface area contributed by atoms with E-state index < -0.39 is 0 Å². The Morgan fingerprint density at radius 3 is 2.69 bits per heavy atom. The molecular formula is C19H18ClN3O3. The largest absolute Gasteiger partial charge is 0.482 e.